The number of fused-ring (bicyclic) bond motifs is 1. The summed E-state index contributed by atoms with van der Waals surface area (Å²) >= 11 is 9.02. The van der Waals surface area contributed by atoms with Gasteiger partial charge in [0.25, 0.3) is 5.91 Å². The van der Waals surface area contributed by atoms with Crippen molar-refractivity contribution in [2.45, 2.75) is 58.6 Å². The van der Waals surface area contributed by atoms with Crippen molar-refractivity contribution in [1.82, 2.24) is 19.4 Å². The summed E-state index contributed by atoms with van der Waals surface area (Å²) in [6.07, 6.45) is 6.25. The SMILES string of the molecule is C=CC(=O)N1CCCC[C@@H](n2c(NC(=O)c3ccnc(OC)c3)nc3ccc(O[C@H](CC)C(C)CSCC)c(Cl)c32)C1. The number of likely N-dealkylation sites (tertiary alicyclic amines) is 1. The summed E-state index contributed by atoms with van der Waals surface area (Å²) in [5.74, 6) is 3.17. The molecule has 1 aliphatic rings. The van der Waals surface area contributed by atoms with Gasteiger partial charge in [-0.2, -0.15) is 11.8 Å². The van der Waals surface area contributed by atoms with Gasteiger partial charge in [-0.25, -0.2) is 9.97 Å². The van der Waals surface area contributed by atoms with Gasteiger partial charge in [0.15, 0.2) is 0 Å². The van der Waals surface area contributed by atoms with Crippen LogP contribution in [0.1, 0.15) is 62.9 Å². The number of amides is 2. The molecule has 226 valence electrons. The van der Waals surface area contributed by atoms with Crippen LogP contribution >= 0.6 is 23.4 Å². The van der Waals surface area contributed by atoms with E-state index in [1.165, 1.54) is 19.4 Å². The Bertz CT molecular complexity index is 1410. The van der Waals surface area contributed by atoms with Crippen molar-refractivity contribution in [3.8, 4) is 11.6 Å². The van der Waals surface area contributed by atoms with Gasteiger partial charge in [0.1, 0.15) is 16.9 Å². The van der Waals surface area contributed by atoms with Crippen LogP contribution in [0.15, 0.2) is 43.1 Å². The van der Waals surface area contributed by atoms with Crippen LogP contribution in [0.3, 0.4) is 0 Å². The molecule has 11 heteroatoms. The fourth-order valence-corrected chi connectivity index (χ4v) is 6.45. The molecule has 3 heterocycles. The maximum absolute atomic E-state index is 13.4. The lowest BCUT2D eigenvalue weighted by Gasteiger charge is -2.27. The molecule has 1 aromatic carbocycles. The second-order valence-electron chi connectivity index (χ2n) is 10.4. The van der Waals surface area contributed by atoms with E-state index in [2.05, 4.69) is 37.7 Å². The van der Waals surface area contributed by atoms with Crippen molar-refractivity contribution >= 4 is 52.2 Å². The lowest BCUT2D eigenvalue weighted by molar-refractivity contribution is -0.126. The first kappa shape index (κ1) is 31.7. The number of aromatic nitrogens is 3. The normalized spacial score (nSPS) is 16.9. The number of rotatable bonds is 12. The molecule has 3 atom stereocenters. The predicted octanol–water partition coefficient (Wildman–Crippen LogP) is 6.63. The molecule has 0 radical (unpaired) electrons. The minimum absolute atomic E-state index is 0.00481. The zero-order chi connectivity index (χ0) is 30.2. The van der Waals surface area contributed by atoms with E-state index in [0.717, 1.165) is 37.2 Å². The summed E-state index contributed by atoms with van der Waals surface area (Å²) in [6, 6.07) is 6.73. The first-order valence-corrected chi connectivity index (χ1v) is 16.0. The smallest absolute Gasteiger partial charge is 0.258 e. The van der Waals surface area contributed by atoms with Crippen LogP contribution in [0, 0.1) is 5.92 Å². The molecule has 1 N–H and O–H groups in total. The second kappa shape index (κ2) is 14.8. The molecule has 0 saturated carbocycles. The number of nitrogens with one attached hydrogen (secondary N) is 1. The summed E-state index contributed by atoms with van der Waals surface area (Å²) < 4.78 is 13.7. The van der Waals surface area contributed by atoms with E-state index in [-0.39, 0.29) is 24.0 Å². The highest BCUT2D eigenvalue weighted by molar-refractivity contribution is 7.99. The van der Waals surface area contributed by atoms with Crippen molar-refractivity contribution in [2.24, 2.45) is 5.92 Å². The highest BCUT2D eigenvalue weighted by Crippen LogP contribution is 2.39. The topological polar surface area (TPSA) is 98.6 Å². The molecule has 1 unspecified atom stereocenters. The molecule has 1 saturated heterocycles. The number of methoxy groups -OCH3 is 1. The average molecular weight is 614 g/mol. The first-order chi connectivity index (χ1) is 20.3. The van der Waals surface area contributed by atoms with Gasteiger partial charge >= 0.3 is 0 Å². The van der Waals surface area contributed by atoms with E-state index >= 15 is 0 Å². The second-order valence-corrected chi connectivity index (χ2v) is 12.1. The van der Waals surface area contributed by atoms with Gasteiger partial charge < -0.3 is 18.9 Å². The van der Waals surface area contributed by atoms with Crippen LogP contribution in [0.2, 0.25) is 5.02 Å². The third kappa shape index (κ3) is 7.21. The highest BCUT2D eigenvalue weighted by atomic mass is 35.5. The molecule has 0 bridgehead atoms. The van der Waals surface area contributed by atoms with Gasteiger partial charge in [-0.05, 0) is 61.5 Å². The molecular weight excluding hydrogens is 574 g/mol. The Morgan fingerprint density at radius 2 is 2.10 bits per heavy atom. The number of anilines is 1. The van der Waals surface area contributed by atoms with Gasteiger partial charge in [-0.15, -0.1) is 0 Å². The van der Waals surface area contributed by atoms with Crippen LogP contribution in [0.25, 0.3) is 11.0 Å². The summed E-state index contributed by atoms with van der Waals surface area (Å²) in [4.78, 5) is 36.8. The minimum atomic E-state index is -0.360. The Morgan fingerprint density at radius 1 is 1.29 bits per heavy atom. The number of nitrogens with zero attached hydrogens (tertiary/aromatic N) is 4. The standard InChI is InChI=1S/C31H40ClN5O4S/c1-6-24(20(4)19-42-8-3)41-25-13-12-23-29(28(25)32)37(22-11-9-10-16-36(18-22)27(38)7-2)31(34-23)35-30(39)21-14-15-33-26(17-21)40-5/h7,12-15,17,20,22,24H,2,6,8-11,16,18-19H2,1,3-5H3,(H,34,35,39)/t20?,22-,24-/m1/s1. The average Bonchev–Trinajstić information content (AvgIpc) is 3.19. The molecule has 1 aliphatic heterocycles. The van der Waals surface area contributed by atoms with Crippen LogP contribution < -0.4 is 14.8 Å². The molecule has 0 spiro atoms. The van der Waals surface area contributed by atoms with Gasteiger partial charge in [0, 0.05) is 36.8 Å². The zero-order valence-corrected chi connectivity index (χ0v) is 26.3. The van der Waals surface area contributed by atoms with Crippen molar-refractivity contribution in [2.75, 3.05) is 37.0 Å². The van der Waals surface area contributed by atoms with Crippen LogP contribution in [0.4, 0.5) is 5.95 Å². The monoisotopic (exact) mass is 613 g/mol. The summed E-state index contributed by atoms with van der Waals surface area (Å²) in [6.45, 7) is 11.2. The van der Waals surface area contributed by atoms with Crippen LogP contribution in [-0.4, -0.2) is 69.1 Å². The van der Waals surface area contributed by atoms with Gasteiger partial charge in [0.05, 0.1) is 24.2 Å². The Hall–Kier alpha value is -3.24. The third-order valence-corrected chi connectivity index (χ3v) is 9.12. The lowest BCUT2D eigenvalue weighted by Crippen LogP contribution is -2.34. The molecule has 0 aliphatic carbocycles. The maximum atomic E-state index is 13.4. The number of thioether (sulfide) groups is 1. The summed E-state index contributed by atoms with van der Waals surface area (Å²) in [7, 11) is 1.50. The molecule has 9 nitrogen and oxygen atoms in total. The number of halogens is 1. The minimum Gasteiger partial charge on any atom is -0.488 e. The van der Waals surface area contributed by atoms with E-state index in [9.17, 15) is 9.59 Å². The Morgan fingerprint density at radius 3 is 2.81 bits per heavy atom. The largest absolute Gasteiger partial charge is 0.488 e. The van der Waals surface area contributed by atoms with Crippen molar-refractivity contribution in [1.29, 1.82) is 0 Å². The molecule has 42 heavy (non-hydrogen) atoms. The predicted molar refractivity (Wildman–Crippen MR) is 170 cm³/mol. The van der Waals surface area contributed by atoms with Crippen LogP contribution in [-0.2, 0) is 4.79 Å². The number of carbonyl (C=O) groups excluding carboxylic acids is 2. The summed E-state index contributed by atoms with van der Waals surface area (Å²) in [5, 5.41) is 3.42. The van der Waals surface area contributed by atoms with Gasteiger partial charge in [-0.3, -0.25) is 14.9 Å². The Labute approximate surface area is 257 Å². The van der Waals surface area contributed by atoms with Crippen LogP contribution in [0.5, 0.6) is 11.6 Å². The lowest BCUT2D eigenvalue weighted by atomic mass is 10.0. The first-order valence-electron chi connectivity index (χ1n) is 14.5. The van der Waals surface area contributed by atoms with Gasteiger partial charge in [-0.1, -0.05) is 39.0 Å². The molecule has 2 aromatic heterocycles. The number of benzene rings is 1. The van der Waals surface area contributed by atoms with Crippen molar-refractivity contribution in [3.63, 3.8) is 0 Å². The molecule has 1 fully saturated rings. The molecule has 4 rings (SSSR count). The Kier molecular flexibility index (Phi) is 11.2. The highest BCUT2D eigenvalue weighted by Gasteiger charge is 2.29. The van der Waals surface area contributed by atoms with E-state index in [4.69, 9.17) is 26.1 Å². The zero-order valence-electron chi connectivity index (χ0n) is 24.8. The number of imidazole rings is 1. The third-order valence-electron chi connectivity index (χ3n) is 7.58. The molecular formula is C31H40ClN5O4S. The fourth-order valence-electron chi connectivity index (χ4n) is 5.34. The number of hydrogen-bond donors (Lipinski definition) is 1. The fraction of sp³-hybridized carbons (Fsp3) is 0.484. The van der Waals surface area contributed by atoms with Gasteiger partial charge in [0.2, 0.25) is 17.7 Å². The summed E-state index contributed by atoms with van der Waals surface area (Å²) in [5.41, 5.74) is 1.67. The Balaban J connectivity index is 1.78. The van der Waals surface area contributed by atoms with E-state index in [1.54, 1.807) is 17.0 Å². The van der Waals surface area contributed by atoms with E-state index in [1.807, 2.05) is 28.5 Å². The van der Waals surface area contributed by atoms with Crippen molar-refractivity contribution in [3.05, 3.63) is 53.7 Å². The molecule has 2 amide bonds. The molecule has 3 aromatic rings. The van der Waals surface area contributed by atoms with E-state index < -0.39 is 0 Å². The number of pyridine rings is 1. The van der Waals surface area contributed by atoms with Crippen molar-refractivity contribution < 1.29 is 19.1 Å². The number of hydrogen-bond acceptors (Lipinski definition) is 7. The quantitative estimate of drug-likeness (QED) is 0.229. The number of carbonyl (C=O) groups is 2. The van der Waals surface area contributed by atoms with E-state index in [0.29, 0.717) is 58.2 Å². The maximum Gasteiger partial charge on any atom is 0.258 e. The number of ether oxygens (including phenoxy) is 2.